The molecule has 0 unspecified atom stereocenters. The number of hydrogen-bond donors (Lipinski definition) is 2. The molecule has 130 valence electrons. The molecule has 0 heterocycles. The number of terminal acetylenes is 1. The molecule has 0 aromatic heterocycles. The van der Waals surface area contributed by atoms with Gasteiger partial charge >= 0.3 is 0 Å². The maximum absolute atomic E-state index is 12.1. The van der Waals surface area contributed by atoms with Crippen molar-refractivity contribution in [3.63, 3.8) is 0 Å². The van der Waals surface area contributed by atoms with Gasteiger partial charge in [-0.1, -0.05) is 19.8 Å². The highest BCUT2D eigenvalue weighted by Crippen LogP contribution is 2.14. The fourth-order valence-corrected chi connectivity index (χ4v) is 2.20. The summed E-state index contributed by atoms with van der Waals surface area (Å²) in [4.78, 5) is 24.1. The Morgan fingerprint density at radius 2 is 1.79 bits per heavy atom. The Morgan fingerprint density at radius 3 is 2.25 bits per heavy atom. The lowest BCUT2D eigenvalue weighted by Gasteiger charge is -2.27. The molecular formula is C19H26N2O3. The number of nitrogens with one attached hydrogen (secondary N) is 2. The Labute approximate surface area is 144 Å². The van der Waals surface area contributed by atoms with Gasteiger partial charge in [-0.25, -0.2) is 0 Å². The first kappa shape index (κ1) is 19.6. The smallest absolute Gasteiger partial charge is 0.251 e. The van der Waals surface area contributed by atoms with E-state index in [1.54, 1.807) is 24.3 Å². The Balaban J connectivity index is 2.57. The van der Waals surface area contributed by atoms with Gasteiger partial charge in [0, 0.05) is 5.56 Å². The highest BCUT2D eigenvalue weighted by molar-refractivity contribution is 5.96. The van der Waals surface area contributed by atoms with E-state index in [4.69, 9.17) is 11.2 Å². The fraction of sp³-hybridized carbons (Fsp3) is 0.474. The Hall–Kier alpha value is -2.48. The molecule has 5 heteroatoms. The molecule has 0 atom stereocenters. The lowest BCUT2D eigenvalue weighted by molar-refractivity contribution is -0.121. The van der Waals surface area contributed by atoms with Crippen LogP contribution in [-0.4, -0.2) is 30.0 Å². The Kier molecular flexibility index (Phi) is 7.31. The molecule has 5 nitrogen and oxygen atoms in total. The van der Waals surface area contributed by atoms with Crippen molar-refractivity contribution in [1.29, 1.82) is 0 Å². The van der Waals surface area contributed by atoms with E-state index in [-0.39, 0.29) is 24.5 Å². The summed E-state index contributed by atoms with van der Waals surface area (Å²) < 4.78 is 5.52. The van der Waals surface area contributed by atoms with E-state index in [0.29, 0.717) is 24.2 Å². The summed E-state index contributed by atoms with van der Waals surface area (Å²) >= 11 is 0. The van der Waals surface area contributed by atoms with Crippen LogP contribution in [0.4, 0.5) is 0 Å². The standard InChI is InChI=1S/C19H26N2O3/c1-6-19(7-2,8-3)21-17(22)13-20-18(23)15-9-11-16(12-10-15)24-14(4)5/h1,9-12,14H,7-8,13H2,2-5H3,(H,20,23)(H,21,22). The van der Waals surface area contributed by atoms with E-state index in [9.17, 15) is 9.59 Å². The van der Waals surface area contributed by atoms with Crippen LogP contribution >= 0.6 is 0 Å². The molecule has 24 heavy (non-hydrogen) atoms. The third kappa shape index (κ3) is 5.62. The molecule has 1 aromatic rings. The third-order valence-electron chi connectivity index (χ3n) is 3.76. The molecule has 2 N–H and O–H groups in total. The summed E-state index contributed by atoms with van der Waals surface area (Å²) in [7, 11) is 0. The largest absolute Gasteiger partial charge is 0.491 e. The van der Waals surface area contributed by atoms with E-state index >= 15 is 0 Å². The van der Waals surface area contributed by atoms with E-state index < -0.39 is 5.54 Å². The summed E-state index contributed by atoms with van der Waals surface area (Å²) in [5.41, 5.74) is -0.189. The Morgan fingerprint density at radius 1 is 1.21 bits per heavy atom. The number of hydrogen-bond acceptors (Lipinski definition) is 3. The number of benzene rings is 1. The van der Waals surface area contributed by atoms with E-state index in [1.165, 1.54) is 0 Å². The van der Waals surface area contributed by atoms with Gasteiger partial charge in [-0.15, -0.1) is 6.42 Å². The fourth-order valence-electron chi connectivity index (χ4n) is 2.20. The van der Waals surface area contributed by atoms with Crippen LogP contribution in [0.15, 0.2) is 24.3 Å². The van der Waals surface area contributed by atoms with Crippen molar-refractivity contribution in [3.05, 3.63) is 29.8 Å². The van der Waals surface area contributed by atoms with Crippen molar-refractivity contribution >= 4 is 11.8 Å². The van der Waals surface area contributed by atoms with E-state index in [0.717, 1.165) is 0 Å². The average molecular weight is 330 g/mol. The predicted octanol–water partition coefficient (Wildman–Crippen LogP) is 2.51. The molecule has 0 aliphatic carbocycles. The zero-order valence-electron chi connectivity index (χ0n) is 14.8. The normalized spacial score (nSPS) is 10.8. The molecule has 0 aliphatic heterocycles. The quantitative estimate of drug-likeness (QED) is 0.720. The van der Waals surface area contributed by atoms with Gasteiger partial charge in [0.1, 0.15) is 11.3 Å². The molecule has 0 aliphatic rings. The van der Waals surface area contributed by atoms with Crippen LogP contribution in [-0.2, 0) is 4.79 Å². The van der Waals surface area contributed by atoms with Crippen molar-refractivity contribution in [1.82, 2.24) is 10.6 Å². The molecular weight excluding hydrogens is 304 g/mol. The first-order chi connectivity index (χ1) is 11.4. The maximum atomic E-state index is 12.1. The lowest BCUT2D eigenvalue weighted by atomic mass is 9.94. The summed E-state index contributed by atoms with van der Waals surface area (Å²) in [6.45, 7) is 7.59. The zero-order valence-corrected chi connectivity index (χ0v) is 14.8. The molecule has 0 fully saturated rings. The van der Waals surface area contributed by atoms with Crippen molar-refractivity contribution in [2.24, 2.45) is 0 Å². The van der Waals surface area contributed by atoms with Crippen LogP contribution in [0.2, 0.25) is 0 Å². The maximum Gasteiger partial charge on any atom is 0.251 e. The minimum Gasteiger partial charge on any atom is -0.491 e. The van der Waals surface area contributed by atoms with Gasteiger partial charge in [0.15, 0.2) is 0 Å². The second kappa shape index (κ2) is 8.97. The summed E-state index contributed by atoms with van der Waals surface area (Å²) in [6.07, 6.45) is 6.85. The zero-order chi connectivity index (χ0) is 18.2. The van der Waals surface area contributed by atoms with Gasteiger partial charge in [-0.3, -0.25) is 9.59 Å². The van der Waals surface area contributed by atoms with Crippen LogP contribution in [0.25, 0.3) is 0 Å². The monoisotopic (exact) mass is 330 g/mol. The number of carbonyl (C=O) groups excluding carboxylic acids is 2. The van der Waals surface area contributed by atoms with E-state index in [2.05, 4.69) is 16.6 Å². The Bertz CT molecular complexity index is 596. The van der Waals surface area contributed by atoms with Crippen LogP contribution in [0, 0.1) is 12.3 Å². The molecule has 2 amide bonds. The minimum atomic E-state index is -0.655. The third-order valence-corrected chi connectivity index (χ3v) is 3.76. The van der Waals surface area contributed by atoms with Crippen molar-refractivity contribution < 1.29 is 14.3 Å². The van der Waals surface area contributed by atoms with Crippen LogP contribution < -0.4 is 15.4 Å². The predicted molar refractivity (Wildman–Crippen MR) is 94.8 cm³/mol. The first-order valence-electron chi connectivity index (χ1n) is 8.19. The van der Waals surface area contributed by atoms with Gasteiger partial charge in [0.25, 0.3) is 5.91 Å². The van der Waals surface area contributed by atoms with E-state index in [1.807, 2.05) is 27.7 Å². The number of rotatable bonds is 8. The number of carbonyl (C=O) groups is 2. The topological polar surface area (TPSA) is 67.4 Å². The molecule has 0 spiro atoms. The van der Waals surface area contributed by atoms with Crippen LogP contribution in [0.5, 0.6) is 5.75 Å². The molecule has 0 saturated heterocycles. The summed E-state index contributed by atoms with van der Waals surface area (Å²) in [5.74, 6) is 2.71. The SMILES string of the molecule is C#CC(CC)(CC)NC(=O)CNC(=O)c1ccc(OC(C)C)cc1. The first-order valence-corrected chi connectivity index (χ1v) is 8.19. The van der Waals surface area contributed by atoms with Crippen LogP contribution in [0.3, 0.4) is 0 Å². The molecule has 1 aromatic carbocycles. The second-order valence-electron chi connectivity index (χ2n) is 5.86. The van der Waals surface area contributed by atoms with Crippen molar-refractivity contribution in [3.8, 4) is 18.1 Å². The van der Waals surface area contributed by atoms with Gasteiger partial charge in [0.2, 0.25) is 5.91 Å². The minimum absolute atomic E-state index is 0.0712. The summed E-state index contributed by atoms with van der Waals surface area (Å²) in [6, 6.07) is 6.78. The molecule has 1 rings (SSSR count). The van der Waals surface area contributed by atoms with Crippen molar-refractivity contribution in [2.45, 2.75) is 52.2 Å². The van der Waals surface area contributed by atoms with Gasteiger partial charge in [-0.05, 0) is 51.0 Å². The summed E-state index contributed by atoms with van der Waals surface area (Å²) in [5, 5.41) is 5.40. The number of ether oxygens (including phenoxy) is 1. The average Bonchev–Trinajstić information content (AvgIpc) is 2.58. The van der Waals surface area contributed by atoms with Gasteiger partial charge < -0.3 is 15.4 Å². The van der Waals surface area contributed by atoms with Crippen LogP contribution in [0.1, 0.15) is 50.9 Å². The highest BCUT2D eigenvalue weighted by atomic mass is 16.5. The van der Waals surface area contributed by atoms with Gasteiger partial charge in [0.05, 0.1) is 12.6 Å². The van der Waals surface area contributed by atoms with Gasteiger partial charge in [-0.2, -0.15) is 0 Å². The highest BCUT2D eigenvalue weighted by Gasteiger charge is 2.25. The molecule has 0 radical (unpaired) electrons. The second-order valence-corrected chi connectivity index (χ2v) is 5.86. The molecule has 0 bridgehead atoms. The van der Waals surface area contributed by atoms with Crippen molar-refractivity contribution in [2.75, 3.05) is 6.54 Å². The molecule has 0 saturated carbocycles. The lowest BCUT2D eigenvalue weighted by Crippen LogP contribution is -2.50. The number of amides is 2.